The van der Waals surface area contributed by atoms with Gasteiger partial charge in [-0.1, -0.05) is 12.8 Å². The first-order valence-corrected chi connectivity index (χ1v) is 9.20. The third-order valence-corrected chi connectivity index (χ3v) is 5.15. The van der Waals surface area contributed by atoms with E-state index in [0.717, 1.165) is 25.0 Å². The van der Waals surface area contributed by atoms with Crippen molar-refractivity contribution in [3.63, 3.8) is 0 Å². The first-order valence-electron chi connectivity index (χ1n) is 9.20. The van der Waals surface area contributed by atoms with Gasteiger partial charge in [-0.05, 0) is 49.8 Å². The first kappa shape index (κ1) is 16.1. The second-order valence-corrected chi connectivity index (χ2v) is 6.95. The molecule has 6 nitrogen and oxygen atoms in total. The molecule has 0 radical (unpaired) electrons. The normalized spacial score (nSPS) is 20.2. The number of ether oxygens (including phenoxy) is 1. The van der Waals surface area contributed by atoms with Gasteiger partial charge in [0.2, 0.25) is 0 Å². The fourth-order valence-electron chi connectivity index (χ4n) is 3.88. The van der Waals surface area contributed by atoms with Gasteiger partial charge in [0.25, 0.3) is 5.91 Å². The van der Waals surface area contributed by atoms with Crippen molar-refractivity contribution in [2.45, 2.75) is 57.0 Å². The van der Waals surface area contributed by atoms with Crippen molar-refractivity contribution in [1.82, 2.24) is 20.1 Å². The third kappa shape index (κ3) is 3.67. The molecule has 1 unspecified atom stereocenters. The maximum atomic E-state index is 12.3. The average molecular weight is 340 g/mol. The number of aromatic nitrogens is 3. The van der Waals surface area contributed by atoms with Gasteiger partial charge in [-0.3, -0.25) is 14.5 Å². The lowest BCUT2D eigenvalue weighted by Crippen LogP contribution is -2.34. The Labute approximate surface area is 147 Å². The minimum absolute atomic E-state index is 0.000853. The highest BCUT2D eigenvalue weighted by Gasteiger charge is 2.27. The van der Waals surface area contributed by atoms with Crippen molar-refractivity contribution in [3.05, 3.63) is 42.0 Å². The molecule has 1 N–H and O–H groups in total. The zero-order chi connectivity index (χ0) is 17.1. The van der Waals surface area contributed by atoms with Crippen LogP contribution in [-0.4, -0.2) is 27.3 Å². The zero-order valence-corrected chi connectivity index (χ0v) is 14.4. The summed E-state index contributed by atoms with van der Waals surface area (Å²) in [6, 6.07) is 4.12. The van der Waals surface area contributed by atoms with Crippen LogP contribution in [0.5, 0.6) is 5.75 Å². The first-order chi connectivity index (χ1) is 12.3. The van der Waals surface area contributed by atoms with E-state index in [1.807, 2.05) is 0 Å². The molecule has 2 aromatic heterocycles. The average Bonchev–Trinajstić information content (AvgIpc) is 3.30. The maximum absolute atomic E-state index is 12.3. The number of fused-ring (bicyclic) bond motifs is 1. The Kier molecular flexibility index (Phi) is 4.68. The van der Waals surface area contributed by atoms with Crippen molar-refractivity contribution >= 4 is 5.91 Å². The summed E-state index contributed by atoms with van der Waals surface area (Å²) in [5.74, 6) is 0.490. The van der Waals surface area contributed by atoms with Gasteiger partial charge in [-0.2, -0.15) is 5.10 Å². The highest BCUT2D eigenvalue weighted by molar-refractivity contribution is 5.78. The van der Waals surface area contributed by atoms with Crippen molar-refractivity contribution in [2.24, 2.45) is 0 Å². The molecule has 2 aromatic rings. The summed E-state index contributed by atoms with van der Waals surface area (Å²) in [5.41, 5.74) is 2.34. The maximum Gasteiger partial charge on any atom is 0.258 e. The van der Waals surface area contributed by atoms with E-state index in [4.69, 9.17) is 9.84 Å². The van der Waals surface area contributed by atoms with Gasteiger partial charge in [0.1, 0.15) is 5.75 Å². The number of carbonyl (C=O) groups is 1. The van der Waals surface area contributed by atoms with Gasteiger partial charge in [-0.15, -0.1) is 0 Å². The molecule has 25 heavy (non-hydrogen) atoms. The minimum atomic E-state index is -0.114. The van der Waals surface area contributed by atoms with Gasteiger partial charge in [-0.25, -0.2) is 0 Å². The SMILES string of the molecule is O=C(COc1cccnc1)NC1CCCc2cn(C3CCCC3)nc21. The molecular weight excluding hydrogens is 316 g/mol. The minimum Gasteiger partial charge on any atom is -0.482 e. The number of hydrogen-bond acceptors (Lipinski definition) is 4. The Bertz CT molecular complexity index is 722. The van der Waals surface area contributed by atoms with Crippen molar-refractivity contribution in [1.29, 1.82) is 0 Å². The van der Waals surface area contributed by atoms with Crippen LogP contribution in [0.3, 0.4) is 0 Å². The topological polar surface area (TPSA) is 69.0 Å². The van der Waals surface area contributed by atoms with Crippen molar-refractivity contribution < 1.29 is 9.53 Å². The predicted molar refractivity (Wildman–Crippen MR) is 93.3 cm³/mol. The van der Waals surface area contributed by atoms with Crippen LogP contribution in [0.4, 0.5) is 0 Å². The lowest BCUT2D eigenvalue weighted by molar-refractivity contribution is -0.124. The van der Waals surface area contributed by atoms with Gasteiger partial charge < -0.3 is 10.1 Å². The number of nitrogens with zero attached hydrogens (tertiary/aromatic N) is 3. The largest absolute Gasteiger partial charge is 0.482 e. The molecule has 1 amide bonds. The lowest BCUT2D eigenvalue weighted by atomic mass is 9.94. The number of hydrogen-bond donors (Lipinski definition) is 1. The van der Waals surface area contributed by atoms with E-state index in [-0.39, 0.29) is 18.6 Å². The van der Waals surface area contributed by atoms with E-state index in [1.165, 1.54) is 31.2 Å². The molecule has 0 bridgehead atoms. The summed E-state index contributed by atoms with van der Waals surface area (Å²) in [4.78, 5) is 16.2. The molecule has 2 aliphatic carbocycles. The quantitative estimate of drug-likeness (QED) is 0.908. The monoisotopic (exact) mass is 340 g/mol. The fraction of sp³-hybridized carbons (Fsp3) is 0.526. The molecule has 0 saturated heterocycles. The Morgan fingerprint density at radius 3 is 2.96 bits per heavy atom. The third-order valence-electron chi connectivity index (χ3n) is 5.15. The van der Waals surface area contributed by atoms with E-state index in [2.05, 4.69) is 21.2 Å². The van der Waals surface area contributed by atoms with Crippen LogP contribution in [0.25, 0.3) is 0 Å². The van der Waals surface area contributed by atoms with Gasteiger partial charge in [0.15, 0.2) is 6.61 Å². The van der Waals surface area contributed by atoms with Gasteiger partial charge in [0.05, 0.1) is 24.0 Å². The molecule has 0 aliphatic heterocycles. The molecule has 1 atom stereocenters. The van der Waals surface area contributed by atoms with E-state index >= 15 is 0 Å². The molecule has 6 heteroatoms. The van der Waals surface area contributed by atoms with Crippen LogP contribution in [0, 0.1) is 0 Å². The van der Waals surface area contributed by atoms with Gasteiger partial charge >= 0.3 is 0 Å². The molecule has 0 aromatic carbocycles. The fourth-order valence-corrected chi connectivity index (χ4v) is 3.88. The smallest absolute Gasteiger partial charge is 0.258 e. The van der Waals surface area contributed by atoms with E-state index in [0.29, 0.717) is 11.8 Å². The Morgan fingerprint density at radius 1 is 1.28 bits per heavy atom. The number of aryl methyl sites for hydroxylation is 1. The van der Waals surface area contributed by atoms with Gasteiger partial charge in [0, 0.05) is 12.4 Å². The number of pyridine rings is 1. The molecule has 2 aliphatic rings. The van der Waals surface area contributed by atoms with Crippen LogP contribution in [0.1, 0.15) is 61.9 Å². The standard InChI is InChI=1S/C19H24N4O2/c24-18(13-25-16-8-4-10-20-11-16)21-17-9-3-5-14-12-23(22-19(14)17)15-6-1-2-7-15/h4,8,10-12,15,17H,1-3,5-7,9,13H2,(H,21,24). The van der Waals surface area contributed by atoms with Crippen LogP contribution in [0.2, 0.25) is 0 Å². The highest BCUT2D eigenvalue weighted by Crippen LogP contribution is 2.33. The summed E-state index contributed by atoms with van der Waals surface area (Å²) < 4.78 is 7.63. The van der Waals surface area contributed by atoms with Crippen LogP contribution < -0.4 is 10.1 Å². The summed E-state index contributed by atoms with van der Waals surface area (Å²) in [6.45, 7) is 0.000853. The van der Waals surface area contributed by atoms with Crippen LogP contribution in [-0.2, 0) is 11.2 Å². The summed E-state index contributed by atoms with van der Waals surface area (Å²) in [7, 11) is 0. The number of rotatable bonds is 5. The second-order valence-electron chi connectivity index (χ2n) is 6.95. The summed E-state index contributed by atoms with van der Waals surface area (Å²) in [6.07, 6.45) is 13.6. The summed E-state index contributed by atoms with van der Waals surface area (Å²) in [5, 5.41) is 7.93. The zero-order valence-electron chi connectivity index (χ0n) is 14.4. The summed E-state index contributed by atoms with van der Waals surface area (Å²) >= 11 is 0. The second kappa shape index (κ2) is 7.25. The van der Waals surface area contributed by atoms with E-state index in [9.17, 15) is 4.79 Å². The molecule has 2 heterocycles. The van der Waals surface area contributed by atoms with Crippen LogP contribution >= 0.6 is 0 Å². The van der Waals surface area contributed by atoms with Crippen molar-refractivity contribution in [2.75, 3.05) is 6.61 Å². The number of nitrogens with one attached hydrogen (secondary N) is 1. The lowest BCUT2D eigenvalue weighted by Gasteiger charge is -2.22. The highest BCUT2D eigenvalue weighted by atomic mass is 16.5. The molecule has 1 fully saturated rings. The Balaban J connectivity index is 1.39. The number of carbonyl (C=O) groups excluding carboxylic acids is 1. The molecule has 132 valence electrons. The van der Waals surface area contributed by atoms with E-state index < -0.39 is 0 Å². The Morgan fingerprint density at radius 2 is 2.16 bits per heavy atom. The molecular formula is C19H24N4O2. The molecule has 1 saturated carbocycles. The molecule has 4 rings (SSSR count). The predicted octanol–water partition coefficient (Wildman–Crippen LogP) is 2.97. The van der Waals surface area contributed by atoms with Crippen molar-refractivity contribution in [3.8, 4) is 5.75 Å². The van der Waals surface area contributed by atoms with E-state index in [1.54, 1.807) is 24.5 Å². The molecule has 0 spiro atoms. The number of amides is 1. The Hall–Kier alpha value is -2.37. The van der Waals surface area contributed by atoms with Crippen LogP contribution in [0.15, 0.2) is 30.7 Å².